The molecule has 2 aromatic heterocycles. The monoisotopic (exact) mass is 413 g/mol. The normalized spacial score (nSPS) is 11.0. The van der Waals surface area contributed by atoms with Crippen LogP contribution in [0, 0.1) is 0 Å². The van der Waals surface area contributed by atoms with Crippen LogP contribution in [0.15, 0.2) is 35.3 Å². The van der Waals surface area contributed by atoms with Crippen LogP contribution in [-0.4, -0.2) is 21.5 Å². The van der Waals surface area contributed by atoms with Gasteiger partial charge in [0.25, 0.3) is 5.56 Å². The van der Waals surface area contributed by atoms with Gasteiger partial charge in [0.05, 0.1) is 0 Å². The molecule has 0 unspecified atom stereocenters. The number of rotatable bonds is 13. The van der Waals surface area contributed by atoms with Crippen molar-refractivity contribution in [2.75, 3.05) is 5.01 Å². The van der Waals surface area contributed by atoms with E-state index in [4.69, 9.17) is 0 Å². The van der Waals surface area contributed by atoms with Crippen molar-refractivity contribution in [2.45, 2.75) is 90.9 Å². The van der Waals surface area contributed by atoms with Crippen LogP contribution in [-0.2, 0) is 9.59 Å². The summed E-state index contributed by atoms with van der Waals surface area (Å²) in [6.07, 6.45) is 12.1. The summed E-state index contributed by atoms with van der Waals surface area (Å²) in [4.78, 5) is 43.1. The third-order valence-corrected chi connectivity index (χ3v) is 5.29. The number of nitrogens with zero attached hydrogens (tertiary/aromatic N) is 3. The molecule has 0 saturated carbocycles. The van der Waals surface area contributed by atoms with Crippen LogP contribution in [0.5, 0.6) is 0 Å². The van der Waals surface area contributed by atoms with Crippen LogP contribution < -0.4 is 10.6 Å². The predicted molar refractivity (Wildman–Crippen MR) is 121 cm³/mol. The molecule has 0 aliphatic heterocycles. The highest BCUT2D eigenvalue weighted by molar-refractivity contribution is 6.09. The minimum Gasteiger partial charge on any atom is -0.273 e. The van der Waals surface area contributed by atoms with E-state index in [9.17, 15) is 14.4 Å². The maximum absolute atomic E-state index is 13.1. The molecule has 2 heterocycles. The fourth-order valence-electron chi connectivity index (χ4n) is 3.58. The smallest absolute Gasteiger partial charge is 0.271 e. The molecule has 164 valence electrons. The fourth-order valence-corrected chi connectivity index (χ4v) is 3.58. The topological polar surface area (TPSA) is 72.3 Å². The standard InChI is InChI=1S/C24H35N3O3/c1-3-5-7-9-11-15-21(28)26(22(29)16-12-10-8-6-4-2)27-23(30)18-17-20-14-13-19-25-24(20)27/h13-14,17-19H,3-12,15-16H2,1-2H3. The van der Waals surface area contributed by atoms with E-state index < -0.39 is 5.56 Å². The van der Waals surface area contributed by atoms with Crippen LogP contribution in [0.25, 0.3) is 11.0 Å². The van der Waals surface area contributed by atoms with Gasteiger partial charge in [-0.25, -0.2) is 4.98 Å². The number of unbranched alkanes of at least 4 members (excludes halogenated alkanes) is 8. The van der Waals surface area contributed by atoms with Crippen molar-refractivity contribution < 1.29 is 9.59 Å². The Morgan fingerprint density at radius 3 is 1.97 bits per heavy atom. The van der Waals surface area contributed by atoms with Crippen molar-refractivity contribution in [1.82, 2.24) is 9.66 Å². The number of carbonyl (C=O) groups is 2. The molecular formula is C24H35N3O3. The van der Waals surface area contributed by atoms with Crippen molar-refractivity contribution >= 4 is 22.8 Å². The van der Waals surface area contributed by atoms with E-state index in [0.29, 0.717) is 23.9 Å². The molecule has 0 fully saturated rings. The third-order valence-electron chi connectivity index (χ3n) is 5.29. The van der Waals surface area contributed by atoms with Crippen LogP contribution in [0.1, 0.15) is 90.9 Å². The lowest BCUT2D eigenvalue weighted by molar-refractivity contribution is -0.129. The van der Waals surface area contributed by atoms with Gasteiger partial charge in [0.15, 0.2) is 5.65 Å². The Morgan fingerprint density at radius 1 is 0.833 bits per heavy atom. The Kier molecular flexibility index (Phi) is 10.3. The summed E-state index contributed by atoms with van der Waals surface area (Å²) < 4.78 is 1.16. The van der Waals surface area contributed by atoms with Gasteiger partial charge < -0.3 is 0 Å². The molecule has 6 nitrogen and oxygen atoms in total. The Morgan fingerprint density at radius 2 is 1.40 bits per heavy atom. The lowest BCUT2D eigenvalue weighted by Gasteiger charge is -2.23. The van der Waals surface area contributed by atoms with Gasteiger partial charge in [0, 0.05) is 30.5 Å². The van der Waals surface area contributed by atoms with Crippen molar-refractivity contribution in [1.29, 1.82) is 0 Å². The molecule has 2 rings (SSSR count). The minimum atomic E-state index is -0.417. The lowest BCUT2D eigenvalue weighted by Crippen LogP contribution is -2.50. The lowest BCUT2D eigenvalue weighted by atomic mass is 10.1. The summed E-state index contributed by atoms with van der Waals surface area (Å²) in [7, 11) is 0. The van der Waals surface area contributed by atoms with Crippen molar-refractivity contribution in [3.63, 3.8) is 0 Å². The first kappa shape index (κ1) is 23.8. The Bertz CT molecular complexity index is 849. The number of fused-ring (bicyclic) bond motifs is 1. The summed E-state index contributed by atoms with van der Waals surface area (Å²) in [5.74, 6) is -0.657. The molecule has 0 saturated heterocycles. The zero-order valence-electron chi connectivity index (χ0n) is 18.4. The second kappa shape index (κ2) is 12.9. The van der Waals surface area contributed by atoms with Gasteiger partial charge in [-0.1, -0.05) is 65.2 Å². The maximum atomic E-state index is 13.1. The second-order valence-electron chi connectivity index (χ2n) is 7.83. The molecule has 30 heavy (non-hydrogen) atoms. The minimum absolute atomic E-state index is 0.251. The fraction of sp³-hybridized carbons (Fsp3) is 0.583. The van der Waals surface area contributed by atoms with Crippen molar-refractivity contribution in [2.24, 2.45) is 0 Å². The Balaban J connectivity index is 2.23. The second-order valence-corrected chi connectivity index (χ2v) is 7.83. The molecule has 2 amide bonds. The number of pyridine rings is 2. The van der Waals surface area contributed by atoms with E-state index in [1.165, 1.54) is 6.07 Å². The maximum Gasteiger partial charge on any atom is 0.271 e. The first-order valence-electron chi connectivity index (χ1n) is 11.4. The van der Waals surface area contributed by atoms with Gasteiger partial charge in [0.2, 0.25) is 11.8 Å². The molecule has 2 aromatic rings. The molecule has 0 bridgehead atoms. The summed E-state index contributed by atoms with van der Waals surface area (Å²) in [6.45, 7) is 4.29. The number of hydrogen-bond donors (Lipinski definition) is 0. The highest BCUT2D eigenvalue weighted by atomic mass is 16.2. The molecule has 0 atom stereocenters. The molecular weight excluding hydrogens is 378 g/mol. The largest absolute Gasteiger partial charge is 0.273 e. The molecule has 0 aliphatic carbocycles. The van der Waals surface area contributed by atoms with Gasteiger partial charge in [-0.3, -0.25) is 14.4 Å². The van der Waals surface area contributed by atoms with Gasteiger partial charge >= 0.3 is 0 Å². The first-order chi connectivity index (χ1) is 14.6. The van der Waals surface area contributed by atoms with E-state index in [1.54, 1.807) is 18.3 Å². The zero-order valence-corrected chi connectivity index (χ0v) is 18.4. The molecule has 0 radical (unpaired) electrons. The number of imide groups is 1. The van der Waals surface area contributed by atoms with Gasteiger partial charge in [-0.2, -0.15) is 9.69 Å². The molecule has 0 N–H and O–H groups in total. The predicted octanol–water partition coefficient (Wildman–Crippen LogP) is 5.11. The van der Waals surface area contributed by atoms with Crippen molar-refractivity contribution in [3.05, 3.63) is 40.8 Å². The number of hydrogen-bond acceptors (Lipinski definition) is 4. The molecule has 0 spiro atoms. The number of amides is 2. The summed E-state index contributed by atoms with van der Waals surface area (Å²) >= 11 is 0. The van der Waals surface area contributed by atoms with Gasteiger partial charge in [-0.15, -0.1) is 0 Å². The van der Waals surface area contributed by atoms with E-state index in [1.807, 2.05) is 6.07 Å². The quantitative estimate of drug-likeness (QED) is 0.428. The number of aromatic nitrogens is 2. The van der Waals surface area contributed by atoms with Crippen LogP contribution in [0.2, 0.25) is 0 Å². The van der Waals surface area contributed by atoms with Crippen LogP contribution in [0.3, 0.4) is 0 Å². The number of carbonyl (C=O) groups excluding carboxylic acids is 2. The summed E-state index contributed by atoms with van der Waals surface area (Å²) in [6, 6.07) is 6.65. The third kappa shape index (κ3) is 6.78. The average Bonchev–Trinajstić information content (AvgIpc) is 2.75. The summed E-state index contributed by atoms with van der Waals surface area (Å²) in [5, 5.41) is 1.77. The zero-order chi connectivity index (χ0) is 21.8. The SMILES string of the molecule is CCCCCCCC(=O)N(C(=O)CCCCCCC)n1c(=O)ccc2cccnc21. The molecule has 6 heteroatoms. The Labute approximate surface area is 179 Å². The van der Waals surface area contributed by atoms with E-state index >= 15 is 0 Å². The average molecular weight is 414 g/mol. The van der Waals surface area contributed by atoms with Crippen molar-refractivity contribution in [3.8, 4) is 0 Å². The van der Waals surface area contributed by atoms with E-state index in [2.05, 4.69) is 18.8 Å². The highest BCUT2D eigenvalue weighted by Crippen LogP contribution is 2.14. The van der Waals surface area contributed by atoms with Crippen LogP contribution in [0.4, 0.5) is 0 Å². The van der Waals surface area contributed by atoms with Gasteiger partial charge in [0.1, 0.15) is 0 Å². The van der Waals surface area contributed by atoms with Crippen LogP contribution >= 0.6 is 0 Å². The first-order valence-corrected chi connectivity index (χ1v) is 11.4. The van der Waals surface area contributed by atoms with Gasteiger partial charge in [-0.05, 0) is 31.0 Å². The molecule has 0 aromatic carbocycles. The van der Waals surface area contributed by atoms with E-state index in [-0.39, 0.29) is 24.7 Å². The van der Waals surface area contributed by atoms with E-state index in [0.717, 1.165) is 61.1 Å². The Hall–Kier alpha value is -2.50. The summed E-state index contributed by atoms with van der Waals surface area (Å²) in [5.41, 5.74) is -0.0801. The highest BCUT2D eigenvalue weighted by Gasteiger charge is 2.25. The molecule has 0 aliphatic rings.